The summed E-state index contributed by atoms with van der Waals surface area (Å²) >= 11 is 1.64. The third-order valence-corrected chi connectivity index (χ3v) is 4.25. The Bertz CT molecular complexity index is 585. The maximum Gasteiger partial charge on any atom is 0.193 e. The molecule has 0 saturated heterocycles. The van der Waals surface area contributed by atoms with Crippen molar-refractivity contribution in [3.05, 3.63) is 23.5 Å². The molecule has 0 aliphatic heterocycles. The molecule has 2 aromatic rings. The lowest BCUT2D eigenvalue weighted by atomic mass is 10.4. The molecule has 2 heterocycles. The fraction of sp³-hybridized carbons (Fsp3) is 0.600. The molecular weight excluding hydrogens is 439 g/mol. The van der Waals surface area contributed by atoms with Gasteiger partial charge in [0.2, 0.25) is 0 Å². The van der Waals surface area contributed by atoms with E-state index in [0.29, 0.717) is 6.54 Å². The van der Waals surface area contributed by atoms with E-state index in [4.69, 9.17) is 4.74 Å². The van der Waals surface area contributed by atoms with Crippen LogP contribution >= 0.6 is 35.3 Å². The minimum Gasteiger partial charge on any atom is -0.385 e. The molecule has 0 bridgehead atoms. The third-order valence-electron chi connectivity index (χ3n) is 3.48. The van der Waals surface area contributed by atoms with Gasteiger partial charge >= 0.3 is 0 Å². The van der Waals surface area contributed by atoms with Crippen LogP contribution in [0.2, 0.25) is 0 Å². The van der Waals surface area contributed by atoms with Gasteiger partial charge in [-0.05, 0) is 13.5 Å². The molecule has 0 amide bonds. The predicted octanol–water partition coefficient (Wildman–Crippen LogP) is 1.65. The van der Waals surface area contributed by atoms with E-state index >= 15 is 0 Å². The van der Waals surface area contributed by atoms with Crippen LogP contribution in [0.25, 0.3) is 4.96 Å². The van der Waals surface area contributed by atoms with Crippen LogP contribution in [-0.2, 0) is 11.3 Å². The Morgan fingerprint density at radius 3 is 2.96 bits per heavy atom. The first-order valence-corrected chi connectivity index (χ1v) is 8.64. The number of guanidine groups is 1. The Hall–Kier alpha value is -0.910. The van der Waals surface area contributed by atoms with Gasteiger partial charge in [-0.3, -0.25) is 9.39 Å². The van der Waals surface area contributed by atoms with Crippen molar-refractivity contribution >= 4 is 46.2 Å². The van der Waals surface area contributed by atoms with E-state index in [1.54, 1.807) is 25.5 Å². The number of nitrogens with one attached hydrogen (secondary N) is 2. The molecule has 2 N–H and O–H groups in total. The van der Waals surface area contributed by atoms with Crippen LogP contribution in [0, 0.1) is 0 Å². The van der Waals surface area contributed by atoms with E-state index in [2.05, 4.69) is 32.6 Å². The van der Waals surface area contributed by atoms with E-state index in [-0.39, 0.29) is 24.0 Å². The van der Waals surface area contributed by atoms with Crippen molar-refractivity contribution in [1.82, 2.24) is 24.9 Å². The summed E-state index contributed by atoms with van der Waals surface area (Å²) in [4.78, 5) is 12.1. The average Bonchev–Trinajstić information content (AvgIpc) is 3.12. The van der Waals surface area contributed by atoms with Gasteiger partial charge in [0, 0.05) is 58.2 Å². The van der Waals surface area contributed by atoms with E-state index in [0.717, 1.165) is 49.3 Å². The van der Waals surface area contributed by atoms with Crippen molar-refractivity contribution in [3.63, 3.8) is 0 Å². The average molecular weight is 466 g/mol. The molecule has 0 saturated carbocycles. The minimum absolute atomic E-state index is 0. The summed E-state index contributed by atoms with van der Waals surface area (Å²) in [6.45, 7) is 4.32. The molecular formula is C15H27IN6OS. The number of hydrogen-bond donors (Lipinski definition) is 2. The van der Waals surface area contributed by atoms with Crippen molar-refractivity contribution in [2.45, 2.75) is 13.0 Å². The van der Waals surface area contributed by atoms with Crippen molar-refractivity contribution in [1.29, 1.82) is 0 Å². The Kier molecular flexibility index (Phi) is 10.2. The van der Waals surface area contributed by atoms with Gasteiger partial charge in [0.15, 0.2) is 10.9 Å². The van der Waals surface area contributed by atoms with Crippen LogP contribution in [-0.4, -0.2) is 67.7 Å². The molecule has 24 heavy (non-hydrogen) atoms. The molecule has 136 valence electrons. The summed E-state index contributed by atoms with van der Waals surface area (Å²) in [7, 11) is 5.63. The van der Waals surface area contributed by atoms with Crippen LogP contribution in [0.5, 0.6) is 0 Å². The zero-order valence-electron chi connectivity index (χ0n) is 14.5. The smallest absolute Gasteiger partial charge is 0.193 e. The summed E-state index contributed by atoms with van der Waals surface area (Å²) in [5, 5.41) is 8.65. The van der Waals surface area contributed by atoms with Gasteiger partial charge in [0.25, 0.3) is 0 Å². The van der Waals surface area contributed by atoms with Crippen LogP contribution in [0.15, 0.2) is 22.8 Å². The van der Waals surface area contributed by atoms with Crippen molar-refractivity contribution in [2.24, 2.45) is 4.99 Å². The molecule has 0 aliphatic carbocycles. The summed E-state index contributed by atoms with van der Waals surface area (Å²) in [6, 6.07) is 0. The van der Waals surface area contributed by atoms with Crippen LogP contribution < -0.4 is 10.6 Å². The minimum atomic E-state index is 0. The molecule has 0 spiro atoms. The summed E-state index contributed by atoms with van der Waals surface area (Å²) in [6.07, 6.45) is 5.11. The monoisotopic (exact) mass is 466 g/mol. The first kappa shape index (κ1) is 21.1. The Morgan fingerprint density at radius 2 is 2.25 bits per heavy atom. The Labute approximate surface area is 164 Å². The van der Waals surface area contributed by atoms with E-state index < -0.39 is 0 Å². The lowest BCUT2D eigenvalue weighted by molar-refractivity contribution is 0.180. The molecule has 0 aromatic carbocycles. The molecule has 0 atom stereocenters. The molecule has 2 rings (SSSR count). The number of halogens is 1. The number of likely N-dealkylation sites (N-methyl/N-ethyl adjacent to an activating group) is 1. The number of aliphatic imine (C=N–C) groups is 1. The summed E-state index contributed by atoms with van der Waals surface area (Å²) in [5.74, 6) is 0.798. The van der Waals surface area contributed by atoms with Crippen LogP contribution in [0.4, 0.5) is 0 Å². The fourth-order valence-corrected chi connectivity index (χ4v) is 2.93. The van der Waals surface area contributed by atoms with Gasteiger partial charge in [-0.1, -0.05) is 0 Å². The van der Waals surface area contributed by atoms with Gasteiger partial charge in [-0.25, -0.2) is 4.98 Å². The number of aromatic nitrogens is 2. The second-order valence-electron chi connectivity index (χ2n) is 5.33. The molecule has 0 radical (unpaired) electrons. The molecule has 0 fully saturated rings. The van der Waals surface area contributed by atoms with Crippen LogP contribution in [0.1, 0.15) is 12.1 Å². The van der Waals surface area contributed by atoms with Gasteiger partial charge in [0.1, 0.15) is 0 Å². The number of ether oxygens (including phenoxy) is 1. The maximum atomic E-state index is 5.06. The second kappa shape index (κ2) is 11.6. The largest absolute Gasteiger partial charge is 0.385 e. The molecule has 7 nitrogen and oxygen atoms in total. The third kappa shape index (κ3) is 6.91. The zero-order valence-corrected chi connectivity index (χ0v) is 17.6. The van der Waals surface area contributed by atoms with Gasteiger partial charge in [-0.15, -0.1) is 35.3 Å². The van der Waals surface area contributed by atoms with Gasteiger partial charge < -0.3 is 20.3 Å². The SMILES string of the molecule is CN=C(NCCN(C)CCCOC)NCc1cn2ccsc2n1.I. The highest BCUT2D eigenvalue weighted by Gasteiger charge is 2.04. The highest BCUT2D eigenvalue weighted by atomic mass is 127. The lowest BCUT2D eigenvalue weighted by Crippen LogP contribution is -2.40. The second-order valence-corrected chi connectivity index (χ2v) is 6.20. The van der Waals surface area contributed by atoms with Crippen molar-refractivity contribution in [3.8, 4) is 0 Å². The quantitative estimate of drug-likeness (QED) is 0.255. The molecule has 0 aliphatic rings. The molecule has 9 heteroatoms. The normalized spacial score (nSPS) is 11.8. The summed E-state index contributed by atoms with van der Waals surface area (Å²) < 4.78 is 7.10. The highest BCUT2D eigenvalue weighted by Crippen LogP contribution is 2.10. The number of hydrogen-bond acceptors (Lipinski definition) is 5. The number of thiazole rings is 1. The van der Waals surface area contributed by atoms with Crippen molar-refractivity contribution < 1.29 is 4.74 Å². The lowest BCUT2D eigenvalue weighted by Gasteiger charge is -2.17. The van der Waals surface area contributed by atoms with Crippen molar-refractivity contribution in [2.75, 3.05) is 47.4 Å². The first-order valence-electron chi connectivity index (χ1n) is 7.76. The Balaban J connectivity index is 0.00000288. The molecule has 0 unspecified atom stereocenters. The number of fused-ring (bicyclic) bond motifs is 1. The number of imidazole rings is 1. The standard InChI is InChI=1S/C15H26N6OS.HI/c1-16-14(17-5-7-20(2)6-4-9-22-3)18-11-13-12-21-8-10-23-15(21)19-13;/h8,10,12H,4-7,9,11H2,1-3H3,(H2,16,17,18);1H. The van der Waals surface area contributed by atoms with E-state index in [1.165, 1.54) is 0 Å². The highest BCUT2D eigenvalue weighted by molar-refractivity contribution is 14.0. The zero-order chi connectivity index (χ0) is 16.5. The number of nitrogens with zero attached hydrogens (tertiary/aromatic N) is 4. The summed E-state index contributed by atoms with van der Waals surface area (Å²) in [5.41, 5.74) is 1.01. The number of methoxy groups -OCH3 is 1. The maximum absolute atomic E-state index is 5.06. The predicted molar refractivity (Wildman–Crippen MR) is 111 cm³/mol. The van der Waals surface area contributed by atoms with Gasteiger partial charge in [-0.2, -0.15) is 0 Å². The topological polar surface area (TPSA) is 66.2 Å². The fourth-order valence-electron chi connectivity index (χ4n) is 2.21. The first-order chi connectivity index (χ1) is 11.2. The number of rotatable bonds is 9. The van der Waals surface area contributed by atoms with E-state index in [9.17, 15) is 0 Å². The Morgan fingerprint density at radius 1 is 1.42 bits per heavy atom. The van der Waals surface area contributed by atoms with Crippen LogP contribution in [0.3, 0.4) is 0 Å². The van der Waals surface area contributed by atoms with Gasteiger partial charge in [0.05, 0.1) is 12.2 Å². The van der Waals surface area contributed by atoms with E-state index in [1.807, 2.05) is 22.2 Å². The molecule has 2 aromatic heterocycles.